The second-order valence-electron chi connectivity index (χ2n) is 4.97. The molecule has 8 nitrogen and oxygen atoms in total. The number of nitrogens with one attached hydrogen (secondary N) is 1. The van der Waals surface area contributed by atoms with Crippen molar-refractivity contribution in [1.29, 1.82) is 0 Å². The fraction of sp³-hybridized carbons (Fsp3) is 0.583. The van der Waals surface area contributed by atoms with Crippen molar-refractivity contribution >= 4 is 22.0 Å². The van der Waals surface area contributed by atoms with E-state index in [1.165, 1.54) is 23.7 Å². The molecule has 1 aliphatic carbocycles. The number of carbonyl (C=O) groups is 1. The van der Waals surface area contributed by atoms with Crippen LogP contribution in [0, 0.1) is 0 Å². The smallest absolute Gasteiger partial charge is 0.358 e. The zero-order valence-electron chi connectivity index (χ0n) is 11.7. The fourth-order valence-corrected chi connectivity index (χ4v) is 3.55. The maximum atomic E-state index is 12.3. The minimum Gasteiger partial charge on any atom is -0.476 e. The highest BCUT2D eigenvalue weighted by molar-refractivity contribution is 7.90. The summed E-state index contributed by atoms with van der Waals surface area (Å²) in [6.07, 6.45) is 7.17. The molecular weight excluding hydrogens is 296 g/mol. The number of carboxylic acid groups (broad SMARTS) is 1. The predicted octanol–water partition coefficient (Wildman–Crippen LogP) is 1.10. The van der Waals surface area contributed by atoms with Crippen LogP contribution in [-0.4, -0.2) is 46.9 Å². The second kappa shape index (κ2) is 6.35. The molecule has 0 atom stereocenters. The average Bonchev–Trinajstić information content (AvgIpc) is 2.47. The average molecular weight is 314 g/mol. The summed E-state index contributed by atoms with van der Waals surface area (Å²) in [6.45, 7) is 0. The molecule has 0 unspecified atom stereocenters. The molecule has 0 amide bonds. The van der Waals surface area contributed by atoms with E-state index in [1.54, 1.807) is 0 Å². The minimum absolute atomic E-state index is 0.0683. The third-order valence-electron chi connectivity index (χ3n) is 3.59. The van der Waals surface area contributed by atoms with Crippen LogP contribution in [0.2, 0.25) is 0 Å². The molecule has 1 aromatic heterocycles. The standard InChI is InChI=1S/C12H18N4O4S/c1-16(9-5-3-2-4-6-9)21(19,20)15-11-10(12(17)18)13-7-8-14-11/h7-9H,2-6H2,1H3,(H,14,15)(H,17,18). The quantitative estimate of drug-likeness (QED) is 0.841. The van der Waals surface area contributed by atoms with Crippen molar-refractivity contribution in [2.24, 2.45) is 0 Å². The Kier molecular flexibility index (Phi) is 4.73. The maximum Gasteiger partial charge on any atom is 0.358 e. The normalized spacial score (nSPS) is 16.9. The Morgan fingerprint density at radius 2 is 1.90 bits per heavy atom. The largest absolute Gasteiger partial charge is 0.476 e. The van der Waals surface area contributed by atoms with E-state index in [9.17, 15) is 13.2 Å². The van der Waals surface area contributed by atoms with E-state index in [-0.39, 0.29) is 11.9 Å². The molecule has 0 aliphatic heterocycles. The highest BCUT2D eigenvalue weighted by atomic mass is 32.2. The van der Waals surface area contributed by atoms with Crippen molar-refractivity contribution in [2.75, 3.05) is 11.8 Å². The first-order valence-corrected chi connectivity index (χ1v) is 8.16. The van der Waals surface area contributed by atoms with Gasteiger partial charge in [-0.2, -0.15) is 12.7 Å². The first-order valence-electron chi connectivity index (χ1n) is 6.72. The summed E-state index contributed by atoms with van der Waals surface area (Å²) < 4.78 is 28.1. The van der Waals surface area contributed by atoms with Crippen molar-refractivity contribution in [3.8, 4) is 0 Å². The van der Waals surface area contributed by atoms with Crippen LogP contribution in [0.3, 0.4) is 0 Å². The van der Waals surface area contributed by atoms with E-state index >= 15 is 0 Å². The molecule has 0 radical (unpaired) electrons. The predicted molar refractivity (Wildman–Crippen MR) is 76.2 cm³/mol. The van der Waals surface area contributed by atoms with Crippen LogP contribution < -0.4 is 4.72 Å². The molecule has 2 rings (SSSR count). The number of rotatable bonds is 5. The molecule has 0 spiro atoms. The van der Waals surface area contributed by atoms with Crippen LogP contribution in [0.25, 0.3) is 0 Å². The Bertz CT molecular complexity index is 613. The van der Waals surface area contributed by atoms with Gasteiger partial charge in [0.05, 0.1) is 0 Å². The molecule has 1 aliphatic rings. The topological polar surface area (TPSA) is 112 Å². The summed E-state index contributed by atoms with van der Waals surface area (Å²) in [6, 6.07) is -0.0683. The molecular formula is C12H18N4O4S. The molecule has 1 heterocycles. The Morgan fingerprint density at radius 1 is 1.29 bits per heavy atom. The molecule has 1 fully saturated rings. The number of hydrogen-bond donors (Lipinski definition) is 2. The number of aromatic nitrogens is 2. The van der Waals surface area contributed by atoms with Crippen molar-refractivity contribution in [2.45, 2.75) is 38.1 Å². The Balaban J connectivity index is 2.19. The van der Waals surface area contributed by atoms with Crippen LogP contribution in [0.4, 0.5) is 5.82 Å². The third kappa shape index (κ3) is 3.67. The lowest BCUT2D eigenvalue weighted by Gasteiger charge is -2.30. The molecule has 1 saturated carbocycles. The molecule has 1 aromatic rings. The summed E-state index contributed by atoms with van der Waals surface area (Å²) in [4.78, 5) is 18.4. The molecule has 2 N–H and O–H groups in total. The Morgan fingerprint density at radius 3 is 2.52 bits per heavy atom. The summed E-state index contributed by atoms with van der Waals surface area (Å²) in [7, 11) is -2.36. The zero-order chi connectivity index (χ0) is 15.5. The minimum atomic E-state index is -3.85. The van der Waals surface area contributed by atoms with Gasteiger partial charge in [0.25, 0.3) is 0 Å². The number of aromatic carboxylic acids is 1. The number of carboxylic acids is 1. The van der Waals surface area contributed by atoms with Crippen LogP contribution in [0.5, 0.6) is 0 Å². The van der Waals surface area contributed by atoms with Gasteiger partial charge < -0.3 is 5.11 Å². The van der Waals surface area contributed by atoms with Gasteiger partial charge >= 0.3 is 16.2 Å². The monoisotopic (exact) mass is 314 g/mol. The van der Waals surface area contributed by atoms with Gasteiger partial charge in [0.1, 0.15) is 0 Å². The van der Waals surface area contributed by atoms with Gasteiger partial charge in [-0.25, -0.2) is 14.8 Å². The van der Waals surface area contributed by atoms with Crippen LogP contribution >= 0.6 is 0 Å². The number of nitrogens with zero attached hydrogens (tertiary/aromatic N) is 3. The highest BCUT2D eigenvalue weighted by Crippen LogP contribution is 2.24. The molecule has 0 saturated heterocycles. The fourth-order valence-electron chi connectivity index (χ4n) is 2.40. The van der Waals surface area contributed by atoms with Crippen LogP contribution in [0.15, 0.2) is 12.4 Å². The van der Waals surface area contributed by atoms with Gasteiger partial charge in [0.15, 0.2) is 11.5 Å². The van der Waals surface area contributed by atoms with E-state index in [2.05, 4.69) is 14.7 Å². The van der Waals surface area contributed by atoms with Crippen LogP contribution in [0.1, 0.15) is 42.6 Å². The molecule has 0 bridgehead atoms. The third-order valence-corrected chi connectivity index (χ3v) is 5.10. The summed E-state index contributed by atoms with van der Waals surface area (Å²) in [5.41, 5.74) is -0.418. The molecule has 0 aromatic carbocycles. The van der Waals surface area contributed by atoms with E-state index in [4.69, 9.17) is 5.11 Å². The van der Waals surface area contributed by atoms with Gasteiger partial charge in [0.2, 0.25) is 0 Å². The summed E-state index contributed by atoms with van der Waals surface area (Å²) >= 11 is 0. The lowest BCUT2D eigenvalue weighted by Crippen LogP contribution is -2.41. The summed E-state index contributed by atoms with van der Waals surface area (Å²) in [5, 5.41) is 9.00. The lowest BCUT2D eigenvalue weighted by atomic mass is 9.96. The number of anilines is 1. The summed E-state index contributed by atoms with van der Waals surface area (Å²) in [5.74, 6) is -1.60. The van der Waals surface area contributed by atoms with Crippen molar-refractivity contribution in [3.05, 3.63) is 18.1 Å². The van der Waals surface area contributed by atoms with Gasteiger partial charge in [-0.05, 0) is 12.8 Å². The number of hydrogen-bond acceptors (Lipinski definition) is 5. The van der Waals surface area contributed by atoms with E-state index in [0.29, 0.717) is 0 Å². The van der Waals surface area contributed by atoms with Gasteiger partial charge in [-0.3, -0.25) is 4.72 Å². The molecule has 21 heavy (non-hydrogen) atoms. The Hall–Kier alpha value is -1.74. The zero-order valence-corrected chi connectivity index (χ0v) is 12.5. The van der Waals surface area contributed by atoms with E-state index < -0.39 is 21.9 Å². The first-order chi connectivity index (χ1) is 9.92. The second-order valence-corrected chi connectivity index (χ2v) is 6.70. The first kappa shape index (κ1) is 15.6. The lowest BCUT2D eigenvalue weighted by molar-refractivity contribution is 0.0691. The van der Waals surface area contributed by atoms with Crippen LogP contribution in [-0.2, 0) is 10.2 Å². The Labute approximate surface area is 123 Å². The van der Waals surface area contributed by atoms with Crippen molar-refractivity contribution in [3.63, 3.8) is 0 Å². The van der Waals surface area contributed by atoms with Gasteiger partial charge in [-0.1, -0.05) is 19.3 Å². The maximum absolute atomic E-state index is 12.3. The molecule has 116 valence electrons. The highest BCUT2D eigenvalue weighted by Gasteiger charge is 2.29. The van der Waals surface area contributed by atoms with E-state index in [1.807, 2.05) is 0 Å². The van der Waals surface area contributed by atoms with Crippen molar-refractivity contribution < 1.29 is 18.3 Å². The SMILES string of the molecule is CN(C1CCCCC1)S(=O)(=O)Nc1nccnc1C(=O)O. The van der Waals surface area contributed by atoms with E-state index in [0.717, 1.165) is 32.1 Å². The van der Waals surface area contributed by atoms with Gasteiger partial charge in [0, 0.05) is 25.5 Å². The van der Waals surface area contributed by atoms with Crippen molar-refractivity contribution in [1.82, 2.24) is 14.3 Å². The van der Waals surface area contributed by atoms with Gasteiger partial charge in [-0.15, -0.1) is 0 Å². The molecule has 9 heteroatoms.